The highest BCUT2D eigenvalue weighted by molar-refractivity contribution is 6.30. The van der Waals surface area contributed by atoms with Crippen molar-refractivity contribution >= 4 is 29.9 Å². The molecule has 0 spiro atoms. The summed E-state index contributed by atoms with van der Waals surface area (Å²) in [4.78, 5) is 12.1. The van der Waals surface area contributed by atoms with Gasteiger partial charge < -0.3 is 11.1 Å². The van der Waals surface area contributed by atoms with E-state index in [2.05, 4.69) is 5.32 Å². The number of carbonyl (C=O) groups is 1. The van der Waals surface area contributed by atoms with Gasteiger partial charge >= 0.3 is 0 Å². The van der Waals surface area contributed by atoms with E-state index >= 15 is 0 Å². The number of nitrogens with two attached hydrogens (primary N) is 1. The fourth-order valence-corrected chi connectivity index (χ4v) is 3.00. The molecule has 1 aliphatic rings. The number of benzene rings is 1. The van der Waals surface area contributed by atoms with E-state index in [1.807, 2.05) is 0 Å². The van der Waals surface area contributed by atoms with Crippen molar-refractivity contribution in [2.75, 3.05) is 6.54 Å². The molecule has 1 aliphatic carbocycles. The molecule has 0 aliphatic heterocycles. The summed E-state index contributed by atoms with van der Waals surface area (Å²) in [6.07, 6.45) is 5.42. The van der Waals surface area contributed by atoms with Gasteiger partial charge in [-0.1, -0.05) is 30.9 Å². The number of carbonyl (C=O) groups excluding carboxylic acids is 1. The van der Waals surface area contributed by atoms with Crippen LogP contribution in [0.1, 0.15) is 42.5 Å². The van der Waals surface area contributed by atoms with Crippen molar-refractivity contribution in [3.8, 4) is 0 Å². The molecule has 1 aromatic carbocycles. The first-order valence-electron chi connectivity index (χ1n) is 7.18. The maximum Gasteiger partial charge on any atom is 0.254 e. The van der Waals surface area contributed by atoms with Gasteiger partial charge in [0.2, 0.25) is 0 Å². The lowest BCUT2D eigenvalue weighted by Crippen LogP contribution is -2.46. The highest BCUT2D eigenvalue weighted by Gasteiger charge is 2.25. The SMILES string of the molecule is Cl.NCC(NC(=O)c1cc(F)c(Cl)cc1F)C1CCCCC1. The quantitative estimate of drug-likeness (QED) is 0.812. The molecule has 1 saturated carbocycles. The Labute approximate surface area is 140 Å². The van der Waals surface area contributed by atoms with Crippen molar-refractivity contribution in [3.63, 3.8) is 0 Å². The zero-order chi connectivity index (χ0) is 15.4. The zero-order valence-electron chi connectivity index (χ0n) is 12.1. The Balaban J connectivity index is 0.00000242. The molecule has 1 atom stereocenters. The van der Waals surface area contributed by atoms with Gasteiger partial charge in [-0.25, -0.2) is 8.78 Å². The van der Waals surface area contributed by atoms with Crippen LogP contribution in [0.25, 0.3) is 0 Å². The summed E-state index contributed by atoms with van der Waals surface area (Å²) in [7, 11) is 0. The predicted molar refractivity (Wildman–Crippen MR) is 85.5 cm³/mol. The van der Waals surface area contributed by atoms with E-state index in [4.69, 9.17) is 17.3 Å². The Morgan fingerprint density at radius 2 is 1.91 bits per heavy atom. The molecule has 0 radical (unpaired) electrons. The van der Waals surface area contributed by atoms with Gasteiger partial charge in [-0.05, 0) is 30.9 Å². The third-order valence-electron chi connectivity index (χ3n) is 4.04. The van der Waals surface area contributed by atoms with Crippen LogP contribution >= 0.6 is 24.0 Å². The number of hydrogen-bond donors (Lipinski definition) is 2. The highest BCUT2D eigenvalue weighted by Crippen LogP contribution is 2.26. The standard InChI is InChI=1S/C15H19ClF2N2O.ClH/c16-11-7-12(17)10(6-13(11)18)15(21)20-14(8-19)9-4-2-1-3-5-9;/h6-7,9,14H,1-5,8,19H2,(H,20,21);1H. The average Bonchev–Trinajstić information content (AvgIpc) is 2.49. The first kappa shape index (κ1) is 19.1. The monoisotopic (exact) mass is 352 g/mol. The van der Waals surface area contributed by atoms with Crippen molar-refractivity contribution in [1.29, 1.82) is 0 Å². The van der Waals surface area contributed by atoms with E-state index in [0.29, 0.717) is 5.92 Å². The molecule has 1 unspecified atom stereocenters. The average molecular weight is 353 g/mol. The van der Waals surface area contributed by atoms with Crippen LogP contribution in [0.3, 0.4) is 0 Å². The molecular weight excluding hydrogens is 333 g/mol. The number of halogens is 4. The molecule has 3 nitrogen and oxygen atoms in total. The molecule has 1 fully saturated rings. The Hall–Kier alpha value is -0.910. The van der Waals surface area contributed by atoms with Crippen molar-refractivity contribution in [2.24, 2.45) is 11.7 Å². The highest BCUT2D eigenvalue weighted by atomic mass is 35.5. The summed E-state index contributed by atoms with van der Waals surface area (Å²) in [5, 5.41) is 2.39. The number of rotatable bonds is 4. The molecule has 0 aromatic heterocycles. The van der Waals surface area contributed by atoms with Gasteiger partial charge in [-0.15, -0.1) is 12.4 Å². The first-order chi connectivity index (χ1) is 10.0. The number of hydrogen-bond acceptors (Lipinski definition) is 2. The maximum absolute atomic E-state index is 13.7. The Bertz CT molecular complexity index is 523. The van der Waals surface area contributed by atoms with Gasteiger partial charge in [0.05, 0.1) is 10.6 Å². The summed E-state index contributed by atoms with van der Waals surface area (Å²) in [6, 6.07) is 1.42. The fraction of sp³-hybridized carbons (Fsp3) is 0.533. The minimum atomic E-state index is -0.835. The molecule has 1 aromatic rings. The van der Waals surface area contributed by atoms with Crippen LogP contribution < -0.4 is 11.1 Å². The van der Waals surface area contributed by atoms with E-state index in [1.165, 1.54) is 6.42 Å². The van der Waals surface area contributed by atoms with Crippen molar-refractivity contribution in [3.05, 3.63) is 34.4 Å². The van der Waals surface area contributed by atoms with Crippen LogP contribution in [0, 0.1) is 17.6 Å². The summed E-state index contributed by atoms with van der Waals surface area (Å²) in [5.41, 5.74) is 5.38. The smallest absolute Gasteiger partial charge is 0.254 e. The second-order valence-electron chi connectivity index (χ2n) is 5.46. The summed E-state index contributed by atoms with van der Waals surface area (Å²) in [5.74, 6) is -2.00. The lowest BCUT2D eigenvalue weighted by Gasteiger charge is -2.30. The van der Waals surface area contributed by atoms with Crippen molar-refractivity contribution < 1.29 is 13.6 Å². The van der Waals surface area contributed by atoms with Gasteiger partial charge in [0.1, 0.15) is 11.6 Å². The summed E-state index contributed by atoms with van der Waals surface area (Å²) >= 11 is 5.48. The Kier molecular flexibility index (Phi) is 7.53. The Morgan fingerprint density at radius 3 is 2.50 bits per heavy atom. The van der Waals surface area contributed by atoms with Crippen LogP contribution in [0.4, 0.5) is 8.78 Å². The van der Waals surface area contributed by atoms with E-state index in [9.17, 15) is 13.6 Å². The van der Waals surface area contributed by atoms with Crippen LogP contribution in [0.5, 0.6) is 0 Å². The molecule has 3 N–H and O–H groups in total. The largest absolute Gasteiger partial charge is 0.348 e. The molecule has 124 valence electrons. The minimum Gasteiger partial charge on any atom is -0.348 e. The third kappa shape index (κ3) is 4.54. The van der Waals surface area contributed by atoms with Gasteiger partial charge in [0, 0.05) is 12.6 Å². The third-order valence-corrected chi connectivity index (χ3v) is 4.33. The minimum absolute atomic E-state index is 0. The second kappa shape index (κ2) is 8.65. The molecule has 0 saturated heterocycles. The van der Waals surface area contributed by atoms with Crippen LogP contribution in [0.2, 0.25) is 5.02 Å². The molecule has 7 heteroatoms. The molecule has 0 bridgehead atoms. The van der Waals surface area contributed by atoms with Crippen molar-refractivity contribution in [2.45, 2.75) is 38.1 Å². The van der Waals surface area contributed by atoms with E-state index < -0.39 is 17.5 Å². The van der Waals surface area contributed by atoms with Crippen LogP contribution in [0.15, 0.2) is 12.1 Å². The summed E-state index contributed by atoms with van der Waals surface area (Å²) < 4.78 is 27.1. The van der Waals surface area contributed by atoms with Gasteiger partial charge in [0.25, 0.3) is 5.91 Å². The number of nitrogens with one attached hydrogen (secondary N) is 1. The topological polar surface area (TPSA) is 55.1 Å². The van der Waals surface area contributed by atoms with E-state index in [-0.39, 0.29) is 35.6 Å². The normalized spacial score (nSPS) is 16.7. The van der Waals surface area contributed by atoms with Gasteiger partial charge in [-0.3, -0.25) is 4.79 Å². The molecular formula is C15H20Cl2F2N2O. The lowest BCUT2D eigenvalue weighted by molar-refractivity contribution is 0.0911. The summed E-state index contributed by atoms with van der Waals surface area (Å²) in [6.45, 7) is 0.286. The second-order valence-corrected chi connectivity index (χ2v) is 5.87. The predicted octanol–water partition coefficient (Wildman–Crippen LogP) is 3.68. The van der Waals surface area contributed by atoms with Gasteiger partial charge in [0.15, 0.2) is 0 Å². The zero-order valence-corrected chi connectivity index (χ0v) is 13.7. The van der Waals surface area contributed by atoms with Crippen LogP contribution in [-0.2, 0) is 0 Å². The number of amides is 1. The first-order valence-corrected chi connectivity index (χ1v) is 7.56. The fourth-order valence-electron chi connectivity index (χ4n) is 2.85. The van der Waals surface area contributed by atoms with E-state index in [0.717, 1.165) is 37.8 Å². The van der Waals surface area contributed by atoms with E-state index in [1.54, 1.807) is 0 Å². The molecule has 1 amide bonds. The molecule has 0 heterocycles. The Morgan fingerprint density at radius 1 is 1.27 bits per heavy atom. The molecule has 2 rings (SSSR count). The maximum atomic E-state index is 13.7. The van der Waals surface area contributed by atoms with Crippen molar-refractivity contribution in [1.82, 2.24) is 5.32 Å². The molecule has 22 heavy (non-hydrogen) atoms. The van der Waals surface area contributed by atoms with Gasteiger partial charge in [-0.2, -0.15) is 0 Å². The lowest BCUT2D eigenvalue weighted by atomic mass is 9.84. The van der Waals surface area contributed by atoms with Crippen LogP contribution in [-0.4, -0.2) is 18.5 Å².